The number of nitrogen functional groups attached to an aromatic ring is 1. The Hall–Kier alpha value is -3.99. The Kier molecular flexibility index (Phi) is 13.7. The van der Waals surface area contributed by atoms with Crippen LogP contribution in [-0.4, -0.2) is 37.3 Å². The number of rotatable bonds is 5. The molecule has 4 rings (SSSR count). The fraction of sp³-hybridized carbons (Fsp3) is 0.0667. The van der Waals surface area contributed by atoms with Gasteiger partial charge < -0.3 is 20.5 Å². The fourth-order valence-electron chi connectivity index (χ4n) is 3.01. The number of methoxy groups -OCH3 is 2. The number of hydrogen-bond acceptors (Lipinski definition) is 7. The van der Waals surface area contributed by atoms with Crippen molar-refractivity contribution in [2.24, 2.45) is 0 Å². The zero-order valence-electron chi connectivity index (χ0n) is 21.9. The van der Waals surface area contributed by atoms with Crippen molar-refractivity contribution in [3.05, 3.63) is 128 Å². The molecule has 0 saturated heterocycles. The van der Waals surface area contributed by atoms with Crippen molar-refractivity contribution >= 4 is 77.9 Å². The van der Waals surface area contributed by atoms with Crippen LogP contribution in [0.15, 0.2) is 106 Å². The van der Waals surface area contributed by atoms with E-state index in [1.54, 1.807) is 84.9 Å². The summed E-state index contributed by atoms with van der Waals surface area (Å²) in [4.78, 5) is 44.8. The fourth-order valence-corrected chi connectivity index (χ4v) is 4.22. The van der Waals surface area contributed by atoms with E-state index in [4.69, 9.17) is 17.3 Å². The van der Waals surface area contributed by atoms with Crippen molar-refractivity contribution in [1.82, 2.24) is 0 Å². The summed E-state index contributed by atoms with van der Waals surface area (Å²) in [5.74, 6) is -0.970. The van der Waals surface area contributed by atoms with Gasteiger partial charge in [0.05, 0.1) is 30.9 Å². The number of nitrogens with two attached hydrogens (primary N) is 1. The largest absolute Gasteiger partial charge is 0.465 e. The molecule has 1 amide bonds. The minimum Gasteiger partial charge on any atom is -0.465 e. The highest BCUT2D eigenvalue weighted by atomic mass is 79.9. The minimum atomic E-state index is -0.438. The van der Waals surface area contributed by atoms with E-state index >= 15 is 0 Å². The number of ether oxygens (including phenoxy) is 2. The van der Waals surface area contributed by atoms with Gasteiger partial charge in [0.1, 0.15) is 0 Å². The molecule has 0 radical (unpaired) electrons. The number of benzene rings is 4. The van der Waals surface area contributed by atoms with Gasteiger partial charge in [-0.25, -0.2) is 9.59 Å². The maximum atomic E-state index is 12.1. The molecule has 0 bridgehead atoms. The summed E-state index contributed by atoms with van der Waals surface area (Å²) in [7, 11) is 2.67. The van der Waals surface area contributed by atoms with Crippen LogP contribution in [0, 0.1) is 0 Å². The number of carbonyl (C=O) groups excluding carboxylic acids is 4. The van der Waals surface area contributed by atoms with Gasteiger partial charge in [0.2, 0.25) is 0 Å². The highest BCUT2D eigenvalue weighted by Gasteiger charge is 2.10. The molecule has 11 heteroatoms. The lowest BCUT2D eigenvalue weighted by Crippen LogP contribution is -2.12. The van der Waals surface area contributed by atoms with Crippen LogP contribution in [0.5, 0.6) is 0 Å². The van der Waals surface area contributed by atoms with E-state index in [1.807, 2.05) is 12.1 Å². The summed E-state index contributed by atoms with van der Waals surface area (Å²) in [5, 5.41) is 2.32. The summed E-state index contributed by atoms with van der Waals surface area (Å²) in [6.45, 7) is 0. The predicted octanol–water partition coefficient (Wildman–Crippen LogP) is 7.37. The number of esters is 2. The lowest BCUT2D eigenvalue weighted by molar-refractivity contribution is 0.0592. The summed E-state index contributed by atoms with van der Waals surface area (Å²) in [5.41, 5.74) is 8.66. The summed E-state index contributed by atoms with van der Waals surface area (Å²) in [6.07, 6.45) is 0. The zero-order chi connectivity index (χ0) is 30.4. The SMILES string of the molecule is COC(=O)c1ccc(N)cc1.COC(=O)c1ccc(NC(=O)c2ccccc2Br)cc1.O=C(Cl)c1ccccc1Br. The van der Waals surface area contributed by atoms with Gasteiger partial charge in [-0.2, -0.15) is 0 Å². The van der Waals surface area contributed by atoms with Crippen LogP contribution in [0.25, 0.3) is 0 Å². The second kappa shape index (κ2) is 17.0. The highest BCUT2D eigenvalue weighted by Crippen LogP contribution is 2.19. The third kappa shape index (κ3) is 10.8. The Morgan fingerprint density at radius 1 is 0.659 bits per heavy atom. The van der Waals surface area contributed by atoms with E-state index in [2.05, 4.69) is 46.7 Å². The Morgan fingerprint density at radius 2 is 1.07 bits per heavy atom. The van der Waals surface area contributed by atoms with Crippen LogP contribution in [0.1, 0.15) is 41.4 Å². The molecule has 0 aromatic heterocycles. The molecular formula is C30H25Br2ClN2O6. The van der Waals surface area contributed by atoms with Gasteiger partial charge in [0.15, 0.2) is 0 Å². The summed E-state index contributed by atoms with van der Waals surface area (Å²) < 4.78 is 10.6. The molecule has 0 aliphatic rings. The van der Waals surface area contributed by atoms with E-state index in [0.29, 0.717) is 33.6 Å². The average molecular weight is 705 g/mol. The van der Waals surface area contributed by atoms with Gasteiger partial charge in [-0.05, 0) is 100 Å². The van der Waals surface area contributed by atoms with Crippen LogP contribution in [0.3, 0.4) is 0 Å². The van der Waals surface area contributed by atoms with Crippen molar-refractivity contribution in [1.29, 1.82) is 0 Å². The number of halogens is 3. The van der Waals surface area contributed by atoms with Crippen molar-refractivity contribution in [2.45, 2.75) is 0 Å². The van der Waals surface area contributed by atoms with Crippen LogP contribution in [0.2, 0.25) is 0 Å². The van der Waals surface area contributed by atoms with Crippen molar-refractivity contribution < 1.29 is 28.7 Å². The monoisotopic (exact) mass is 702 g/mol. The van der Waals surface area contributed by atoms with Gasteiger partial charge in [0, 0.05) is 25.9 Å². The molecule has 0 unspecified atom stereocenters. The lowest BCUT2D eigenvalue weighted by atomic mass is 10.2. The Balaban J connectivity index is 0.000000236. The van der Waals surface area contributed by atoms with Crippen LogP contribution >= 0.6 is 43.5 Å². The molecule has 0 heterocycles. The first kappa shape index (κ1) is 33.2. The van der Waals surface area contributed by atoms with Gasteiger partial charge in [0.25, 0.3) is 11.1 Å². The lowest BCUT2D eigenvalue weighted by Gasteiger charge is -2.07. The predicted molar refractivity (Wildman–Crippen MR) is 166 cm³/mol. The second-order valence-electron chi connectivity index (χ2n) is 7.87. The molecule has 0 atom stereocenters. The molecule has 0 aliphatic carbocycles. The highest BCUT2D eigenvalue weighted by molar-refractivity contribution is 9.10. The molecule has 3 N–H and O–H groups in total. The van der Waals surface area contributed by atoms with Crippen LogP contribution in [0.4, 0.5) is 11.4 Å². The minimum absolute atomic E-state index is 0.219. The summed E-state index contributed by atoms with van der Waals surface area (Å²) in [6, 6.07) is 27.3. The first-order valence-electron chi connectivity index (χ1n) is 11.7. The smallest absolute Gasteiger partial charge is 0.337 e. The topological polar surface area (TPSA) is 125 Å². The van der Waals surface area contributed by atoms with E-state index < -0.39 is 11.2 Å². The van der Waals surface area contributed by atoms with Gasteiger partial charge in [-0.15, -0.1) is 0 Å². The normalized spacial score (nSPS) is 9.59. The summed E-state index contributed by atoms with van der Waals surface area (Å²) >= 11 is 11.8. The standard InChI is InChI=1S/C15H12BrNO3.C8H9NO2.C7H4BrClO/c1-20-15(19)10-6-8-11(9-7-10)17-14(18)12-4-2-3-5-13(12)16;1-11-8(10)6-2-4-7(9)5-3-6;8-6-4-2-1-3-5(6)7(9)10/h2-9H,1H3,(H,17,18);2-5H,9H2,1H3;1-4H. The third-order valence-electron chi connectivity index (χ3n) is 5.10. The Bertz CT molecular complexity index is 1500. The molecule has 8 nitrogen and oxygen atoms in total. The number of anilines is 2. The number of carbonyl (C=O) groups is 4. The molecule has 0 saturated carbocycles. The molecule has 212 valence electrons. The van der Waals surface area contributed by atoms with E-state index in [1.165, 1.54) is 14.2 Å². The molecule has 0 aliphatic heterocycles. The maximum Gasteiger partial charge on any atom is 0.337 e. The van der Waals surface area contributed by atoms with E-state index in [9.17, 15) is 19.2 Å². The van der Waals surface area contributed by atoms with Crippen molar-refractivity contribution in [3.63, 3.8) is 0 Å². The van der Waals surface area contributed by atoms with Crippen LogP contribution in [-0.2, 0) is 9.47 Å². The Labute approximate surface area is 259 Å². The molecular weight excluding hydrogens is 680 g/mol. The maximum absolute atomic E-state index is 12.1. The number of amides is 1. The van der Waals surface area contributed by atoms with Gasteiger partial charge in [-0.3, -0.25) is 9.59 Å². The van der Waals surface area contributed by atoms with Crippen LogP contribution < -0.4 is 11.1 Å². The third-order valence-corrected chi connectivity index (χ3v) is 6.69. The van der Waals surface area contributed by atoms with Crippen molar-refractivity contribution in [3.8, 4) is 0 Å². The molecule has 4 aromatic carbocycles. The number of nitrogens with one attached hydrogen (secondary N) is 1. The van der Waals surface area contributed by atoms with E-state index in [0.717, 1.165) is 8.95 Å². The van der Waals surface area contributed by atoms with E-state index in [-0.39, 0.29) is 11.9 Å². The number of hydrogen-bond donors (Lipinski definition) is 2. The quantitative estimate of drug-likeness (QED) is 0.126. The molecule has 4 aromatic rings. The van der Waals surface area contributed by atoms with Gasteiger partial charge in [-0.1, -0.05) is 40.2 Å². The van der Waals surface area contributed by atoms with Crippen molar-refractivity contribution in [2.75, 3.05) is 25.3 Å². The average Bonchev–Trinajstić information content (AvgIpc) is 2.98. The second-order valence-corrected chi connectivity index (χ2v) is 9.92. The first-order valence-corrected chi connectivity index (χ1v) is 13.7. The molecule has 0 fully saturated rings. The first-order chi connectivity index (χ1) is 19.6. The Morgan fingerprint density at radius 3 is 1.46 bits per heavy atom. The van der Waals surface area contributed by atoms with Gasteiger partial charge >= 0.3 is 11.9 Å². The zero-order valence-corrected chi connectivity index (χ0v) is 25.8. The molecule has 0 spiro atoms. The molecule has 41 heavy (non-hydrogen) atoms.